The van der Waals surface area contributed by atoms with Gasteiger partial charge in [-0.05, 0) is 74.4 Å². The van der Waals surface area contributed by atoms with Gasteiger partial charge >= 0.3 is 0 Å². The van der Waals surface area contributed by atoms with E-state index in [9.17, 15) is 4.79 Å². The van der Waals surface area contributed by atoms with Gasteiger partial charge in [-0.3, -0.25) is 4.79 Å². The third-order valence-corrected chi connectivity index (χ3v) is 5.67. The maximum Gasteiger partial charge on any atom is 0.295 e. The Hall–Kier alpha value is -3.45. The van der Waals surface area contributed by atoms with Gasteiger partial charge in [0.1, 0.15) is 5.75 Å². The number of carbonyl (C=O) groups excluding carboxylic acids is 1. The molecular weight excluding hydrogens is 468 g/mol. The number of ether oxygens (including phenoxy) is 1. The Morgan fingerprint density at radius 2 is 1.75 bits per heavy atom. The molecule has 0 saturated carbocycles. The van der Waals surface area contributed by atoms with Crippen LogP contribution in [-0.2, 0) is 0 Å². The molecule has 0 aliphatic rings. The fraction of sp³-hybridized carbons (Fsp3) is 0.160. The fourth-order valence-corrected chi connectivity index (χ4v) is 3.58. The summed E-state index contributed by atoms with van der Waals surface area (Å²) in [6, 6.07) is 21.0. The summed E-state index contributed by atoms with van der Waals surface area (Å²) >= 11 is 3.47. The predicted octanol–water partition coefficient (Wildman–Crippen LogP) is 5.96. The first-order chi connectivity index (χ1) is 15.5. The second-order valence-corrected chi connectivity index (χ2v) is 8.22. The van der Waals surface area contributed by atoms with Gasteiger partial charge in [0.05, 0.1) is 12.3 Å². The zero-order valence-corrected chi connectivity index (χ0v) is 19.7. The Labute approximate surface area is 195 Å². The van der Waals surface area contributed by atoms with Crippen molar-refractivity contribution >= 4 is 27.5 Å². The minimum Gasteiger partial charge on any atom is -0.494 e. The van der Waals surface area contributed by atoms with Gasteiger partial charge in [-0.15, -0.1) is 5.10 Å². The smallest absolute Gasteiger partial charge is 0.295 e. The lowest BCUT2D eigenvalue weighted by atomic mass is 10.1. The van der Waals surface area contributed by atoms with Crippen LogP contribution in [0.5, 0.6) is 5.75 Å². The number of hydrogen-bond acceptors (Lipinski definition) is 4. The fourth-order valence-electron chi connectivity index (χ4n) is 3.32. The molecular formula is C25H23BrN4O2. The highest BCUT2D eigenvalue weighted by molar-refractivity contribution is 9.10. The largest absolute Gasteiger partial charge is 0.494 e. The molecule has 1 amide bonds. The van der Waals surface area contributed by atoms with Crippen molar-refractivity contribution in [1.82, 2.24) is 14.8 Å². The first-order valence-corrected chi connectivity index (χ1v) is 11.1. The Bertz CT molecular complexity index is 1250. The Morgan fingerprint density at radius 1 is 1.03 bits per heavy atom. The van der Waals surface area contributed by atoms with Crippen LogP contribution in [0.4, 0.5) is 5.69 Å². The normalized spacial score (nSPS) is 10.8. The molecule has 0 saturated heterocycles. The SMILES string of the molecule is CCOc1ccc(NC(=O)c2nc(-c3ccc(Br)cc3)n(-c3cccc(C)c3C)n2)cc1. The summed E-state index contributed by atoms with van der Waals surface area (Å²) in [4.78, 5) is 17.6. The van der Waals surface area contributed by atoms with Crippen molar-refractivity contribution in [3.8, 4) is 22.8 Å². The number of hydrogen-bond donors (Lipinski definition) is 1. The van der Waals surface area contributed by atoms with E-state index in [2.05, 4.69) is 44.3 Å². The van der Waals surface area contributed by atoms with Crippen molar-refractivity contribution < 1.29 is 9.53 Å². The van der Waals surface area contributed by atoms with Crippen LogP contribution in [0.1, 0.15) is 28.7 Å². The minimum atomic E-state index is -0.378. The summed E-state index contributed by atoms with van der Waals surface area (Å²) in [5, 5.41) is 7.45. The van der Waals surface area contributed by atoms with E-state index < -0.39 is 0 Å². The predicted molar refractivity (Wildman–Crippen MR) is 130 cm³/mol. The summed E-state index contributed by atoms with van der Waals surface area (Å²) in [7, 11) is 0. The highest BCUT2D eigenvalue weighted by Crippen LogP contribution is 2.26. The lowest BCUT2D eigenvalue weighted by molar-refractivity contribution is 0.101. The van der Waals surface area contributed by atoms with Crippen molar-refractivity contribution in [1.29, 1.82) is 0 Å². The number of aromatic nitrogens is 3. The standard InChI is InChI=1S/C25H23BrN4O2/c1-4-32-21-14-12-20(13-15-21)27-25(31)23-28-24(18-8-10-19(26)11-9-18)30(29-23)22-7-5-6-16(2)17(22)3/h5-15H,4H2,1-3H3,(H,27,31). The summed E-state index contributed by atoms with van der Waals surface area (Å²) in [6.07, 6.45) is 0. The number of aryl methyl sites for hydroxylation is 1. The van der Waals surface area contributed by atoms with Gasteiger partial charge < -0.3 is 10.1 Å². The molecule has 0 spiro atoms. The van der Waals surface area contributed by atoms with Crippen LogP contribution >= 0.6 is 15.9 Å². The zero-order valence-electron chi connectivity index (χ0n) is 18.1. The van der Waals surface area contributed by atoms with E-state index in [0.717, 1.165) is 32.6 Å². The third-order valence-electron chi connectivity index (χ3n) is 5.14. The van der Waals surface area contributed by atoms with E-state index in [0.29, 0.717) is 18.1 Å². The van der Waals surface area contributed by atoms with Crippen LogP contribution in [0, 0.1) is 13.8 Å². The zero-order chi connectivity index (χ0) is 22.7. The average molecular weight is 491 g/mol. The van der Waals surface area contributed by atoms with Crippen LogP contribution in [0.25, 0.3) is 17.1 Å². The molecule has 1 heterocycles. The lowest BCUT2D eigenvalue weighted by Gasteiger charge is -2.11. The van der Waals surface area contributed by atoms with Crippen LogP contribution in [0.3, 0.4) is 0 Å². The minimum absolute atomic E-state index is 0.0951. The van der Waals surface area contributed by atoms with Gasteiger partial charge in [0.25, 0.3) is 5.91 Å². The molecule has 6 nitrogen and oxygen atoms in total. The highest BCUT2D eigenvalue weighted by Gasteiger charge is 2.20. The number of carbonyl (C=O) groups is 1. The first kappa shape index (κ1) is 21.8. The van der Waals surface area contributed by atoms with Crippen molar-refractivity contribution in [2.45, 2.75) is 20.8 Å². The number of rotatable bonds is 6. The molecule has 0 aliphatic heterocycles. The van der Waals surface area contributed by atoms with Crippen molar-refractivity contribution in [2.75, 3.05) is 11.9 Å². The third kappa shape index (κ3) is 4.57. The molecule has 0 unspecified atom stereocenters. The quantitative estimate of drug-likeness (QED) is 0.361. The summed E-state index contributed by atoms with van der Waals surface area (Å²) < 4.78 is 8.15. The van der Waals surface area contributed by atoms with Gasteiger partial charge in [0.2, 0.25) is 5.82 Å². The van der Waals surface area contributed by atoms with Crippen LogP contribution < -0.4 is 10.1 Å². The second kappa shape index (κ2) is 9.36. The maximum absolute atomic E-state index is 13.0. The molecule has 1 N–H and O–H groups in total. The Kier molecular flexibility index (Phi) is 6.37. The van der Waals surface area contributed by atoms with E-state index in [1.165, 1.54) is 0 Å². The number of amides is 1. The number of halogens is 1. The lowest BCUT2D eigenvalue weighted by Crippen LogP contribution is -2.14. The van der Waals surface area contributed by atoms with E-state index >= 15 is 0 Å². The Balaban J connectivity index is 1.72. The average Bonchev–Trinajstić information content (AvgIpc) is 3.23. The van der Waals surface area contributed by atoms with Gasteiger partial charge in [0, 0.05) is 15.7 Å². The molecule has 0 aliphatic carbocycles. The second-order valence-electron chi connectivity index (χ2n) is 7.31. The molecule has 7 heteroatoms. The Morgan fingerprint density at radius 3 is 2.44 bits per heavy atom. The van der Waals surface area contributed by atoms with Crippen LogP contribution in [0.15, 0.2) is 71.2 Å². The number of anilines is 1. The van der Waals surface area contributed by atoms with E-state index in [1.807, 2.05) is 62.4 Å². The molecule has 0 radical (unpaired) electrons. The van der Waals surface area contributed by atoms with E-state index in [1.54, 1.807) is 16.8 Å². The maximum atomic E-state index is 13.0. The molecule has 4 aromatic rings. The van der Waals surface area contributed by atoms with Crippen molar-refractivity contribution in [2.24, 2.45) is 0 Å². The van der Waals surface area contributed by atoms with Gasteiger partial charge in [-0.2, -0.15) is 0 Å². The molecule has 0 fully saturated rings. The number of nitrogens with zero attached hydrogens (tertiary/aromatic N) is 3. The molecule has 0 atom stereocenters. The molecule has 3 aromatic carbocycles. The van der Waals surface area contributed by atoms with Crippen LogP contribution in [-0.4, -0.2) is 27.3 Å². The molecule has 0 bridgehead atoms. The monoisotopic (exact) mass is 490 g/mol. The molecule has 4 rings (SSSR count). The number of benzene rings is 3. The van der Waals surface area contributed by atoms with E-state index in [4.69, 9.17) is 4.74 Å². The van der Waals surface area contributed by atoms with Crippen LogP contribution in [0.2, 0.25) is 0 Å². The molecule has 162 valence electrons. The molecule has 32 heavy (non-hydrogen) atoms. The summed E-state index contributed by atoms with van der Waals surface area (Å²) in [5.74, 6) is 1.07. The number of nitrogens with one attached hydrogen (secondary N) is 1. The van der Waals surface area contributed by atoms with Gasteiger partial charge in [-0.25, -0.2) is 9.67 Å². The van der Waals surface area contributed by atoms with Crippen molar-refractivity contribution in [3.63, 3.8) is 0 Å². The van der Waals surface area contributed by atoms with Gasteiger partial charge in [0.15, 0.2) is 5.82 Å². The highest BCUT2D eigenvalue weighted by atomic mass is 79.9. The topological polar surface area (TPSA) is 69.0 Å². The first-order valence-electron chi connectivity index (χ1n) is 10.3. The van der Waals surface area contributed by atoms with Crippen molar-refractivity contribution in [3.05, 3.63) is 88.2 Å². The van der Waals surface area contributed by atoms with Gasteiger partial charge in [-0.1, -0.05) is 40.2 Å². The molecule has 1 aromatic heterocycles. The van der Waals surface area contributed by atoms with E-state index in [-0.39, 0.29) is 11.7 Å². The summed E-state index contributed by atoms with van der Waals surface area (Å²) in [5.41, 5.74) is 4.61. The summed E-state index contributed by atoms with van der Waals surface area (Å²) in [6.45, 7) is 6.60.